The molecule has 3 aromatic rings. The molecule has 1 fully saturated rings. The van der Waals surface area contributed by atoms with Crippen molar-refractivity contribution in [2.45, 2.75) is 17.6 Å². The fraction of sp³-hybridized carbons (Fsp3) is 0.318. The van der Waals surface area contributed by atoms with Crippen LogP contribution in [0.5, 0.6) is 0 Å². The van der Waals surface area contributed by atoms with Crippen LogP contribution in [0.15, 0.2) is 47.4 Å². The number of aromatic nitrogens is 1. The molecule has 0 bridgehead atoms. The summed E-state index contributed by atoms with van der Waals surface area (Å²) in [6.45, 7) is 1.03. The Kier molecular flexibility index (Phi) is 5.99. The average Bonchev–Trinajstić information content (AvgIpc) is 3.20. The lowest BCUT2D eigenvalue weighted by atomic mass is 10.2. The molecule has 0 aliphatic carbocycles. The molecule has 0 atom stereocenters. The summed E-state index contributed by atoms with van der Waals surface area (Å²) in [5, 5.41) is 0.503. The maximum atomic E-state index is 13.1. The number of hydrogen-bond acceptors (Lipinski definition) is 5. The third kappa shape index (κ3) is 4.62. The highest BCUT2D eigenvalue weighted by molar-refractivity contribution is 7.89. The van der Waals surface area contributed by atoms with Crippen molar-refractivity contribution in [1.29, 1.82) is 0 Å². The summed E-state index contributed by atoms with van der Waals surface area (Å²) >= 11 is 0. The minimum Gasteiger partial charge on any atom is -0.468 e. The standard InChI is InChI=1S/C22H20F3N3O4S/c1-32-21(29)15-27-9-8-16-14-19(6-7-20(16)27)33(30,31)28-12-10-26(11-13-28)18-4-2-17(3-5-18)22(23,24)25/h2-7,14H,10-13,15H2,1H3. The molecule has 0 N–H and O–H groups in total. The molecule has 1 aromatic heterocycles. The molecule has 1 saturated heterocycles. The largest absolute Gasteiger partial charge is 0.468 e. The van der Waals surface area contributed by atoms with Crippen LogP contribution in [0.2, 0.25) is 0 Å². The summed E-state index contributed by atoms with van der Waals surface area (Å²) < 4.78 is 72.1. The summed E-state index contributed by atoms with van der Waals surface area (Å²) in [5.41, 5.74) is 0.488. The van der Waals surface area contributed by atoms with Gasteiger partial charge in [0.05, 0.1) is 28.5 Å². The van der Waals surface area contributed by atoms with Crippen LogP contribution < -0.4 is 4.90 Å². The van der Waals surface area contributed by atoms with Crippen LogP contribution >= 0.6 is 0 Å². The molecular weight excluding hydrogens is 459 g/mol. The van der Waals surface area contributed by atoms with Gasteiger partial charge in [-0.05, 0) is 48.5 Å². The fourth-order valence-electron chi connectivity index (χ4n) is 3.71. The number of carbonyl (C=O) groups is 1. The summed E-state index contributed by atoms with van der Waals surface area (Å²) in [7, 11) is -2.50. The molecule has 0 unspecified atom stereocenters. The van der Waals surface area contributed by atoms with Gasteiger partial charge in [0.2, 0.25) is 10.0 Å². The lowest BCUT2D eigenvalue weighted by Crippen LogP contribution is -2.48. The summed E-state index contributed by atoms with van der Waals surface area (Å²) in [4.78, 5) is 13.5. The number of ether oxygens (including phenoxy) is 1. The van der Waals surface area contributed by atoms with Gasteiger partial charge in [0.1, 0.15) is 6.54 Å². The first kappa shape index (κ1) is 22.9. The minimum atomic E-state index is -4.40. The summed E-state index contributed by atoms with van der Waals surface area (Å²) in [5.74, 6) is -0.459. The van der Waals surface area contributed by atoms with Crippen molar-refractivity contribution in [2.75, 3.05) is 38.2 Å². The Morgan fingerprint density at radius 1 is 1.06 bits per heavy atom. The Labute approximate surface area is 189 Å². The number of anilines is 1. The van der Waals surface area contributed by atoms with Gasteiger partial charge < -0.3 is 9.64 Å². The monoisotopic (exact) mass is 479 g/mol. The van der Waals surface area contributed by atoms with Crippen LogP contribution in [-0.2, 0) is 32.3 Å². The van der Waals surface area contributed by atoms with Crippen molar-refractivity contribution in [3.8, 4) is 0 Å². The second-order valence-electron chi connectivity index (χ2n) is 7.51. The van der Waals surface area contributed by atoms with E-state index >= 15 is 0 Å². The predicted octanol–water partition coefficient (Wildman–Crippen LogP) is 2.94. The first-order valence-electron chi connectivity index (χ1n) is 10.0. The first-order chi connectivity index (χ1) is 15.6. The molecule has 0 radical (unpaired) electrons. The summed E-state index contributed by atoms with van der Waals surface area (Å²) in [6, 6.07) is 12.2. The molecule has 2 heterocycles. The molecular formula is C22H20F3N3O4S. The number of sulfonamides is 1. The Balaban J connectivity index is 1.46. The molecule has 33 heavy (non-hydrogen) atoms. The van der Waals surface area contributed by atoms with Crippen molar-refractivity contribution in [3.05, 3.63) is 60.3 Å². The number of fused-ring (bicyclic) bond motifs is 1. The lowest BCUT2D eigenvalue weighted by molar-refractivity contribution is -0.141. The topological polar surface area (TPSA) is 71.8 Å². The quantitative estimate of drug-likeness (QED) is 0.527. The van der Waals surface area contributed by atoms with Crippen LogP contribution in [-0.4, -0.2) is 56.5 Å². The van der Waals surface area contributed by atoms with Gasteiger partial charge in [-0.2, -0.15) is 17.5 Å². The third-order valence-corrected chi connectivity index (χ3v) is 7.43. The number of rotatable bonds is 5. The number of nitrogens with zero attached hydrogens (tertiary/aromatic N) is 3. The van der Waals surface area contributed by atoms with Gasteiger partial charge in [-0.15, -0.1) is 0 Å². The number of halogens is 3. The van der Waals surface area contributed by atoms with E-state index in [9.17, 15) is 26.4 Å². The number of piperazine rings is 1. The van der Waals surface area contributed by atoms with Crippen LogP contribution in [0, 0.1) is 12.3 Å². The number of hydrogen-bond donors (Lipinski definition) is 0. The van der Waals surface area contributed by atoms with E-state index in [4.69, 9.17) is 0 Å². The smallest absolute Gasteiger partial charge is 0.416 e. The normalized spacial score (nSPS) is 15.5. The Morgan fingerprint density at radius 2 is 1.73 bits per heavy atom. The molecule has 0 saturated carbocycles. The minimum absolute atomic E-state index is 0.0610. The zero-order valence-corrected chi connectivity index (χ0v) is 18.4. The molecule has 4 rings (SSSR count). The fourth-order valence-corrected chi connectivity index (χ4v) is 5.16. The maximum absolute atomic E-state index is 13.1. The molecule has 11 heteroatoms. The second kappa shape index (κ2) is 8.61. The third-order valence-electron chi connectivity index (χ3n) is 5.54. The van der Waals surface area contributed by atoms with Gasteiger partial charge in [0, 0.05) is 38.1 Å². The number of esters is 1. The van der Waals surface area contributed by atoms with Gasteiger partial charge in [-0.1, -0.05) is 0 Å². The van der Waals surface area contributed by atoms with Gasteiger partial charge >= 0.3 is 12.1 Å². The predicted molar refractivity (Wildman–Crippen MR) is 114 cm³/mol. The van der Waals surface area contributed by atoms with E-state index in [1.165, 1.54) is 40.2 Å². The Hall–Kier alpha value is -3.23. The highest BCUT2D eigenvalue weighted by atomic mass is 32.2. The van der Waals surface area contributed by atoms with E-state index in [0.29, 0.717) is 29.7 Å². The summed E-state index contributed by atoms with van der Waals surface area (Å²) in [6.07, 6.45) is -1.62. The van der Waals surface area contributed by atoms with E-state index in [-0.39, 0.29) is 24.5 Å². The Morgan fingerprint density at radius 3 is 2.33 bits per heavy atom. The maximum Gasteiger partial charge on any atom is 0.416 e. The van der Waals surface area contributed by atoms with Crippen molar-refractivity contribution in [1.82, 2.24) is 8.87 Å². The highest BCUT2D eigenvalue weighted by Gasteiger charge is 2.31. The van der Waals surface area contributed by atoms with Gasteiger partial charge in [0.25, 0.3) is 0 Å². The lowest BCUT2D eigenvalue weighted by Gasteiger charge is -2.35. The van der Waals surface area contributed by atoms with Crippen LogP contribution in [0.1, 0.15) is 5.56 Å². The number of methoxy groups -OCH3 is 1. The van der Waals surface area contributed by atoms with Crippen molar-refractivity contribution in [2.24, 2.45) is 0 Å². The van der Waals surface area contributed by atoms with Gasteiger partial charge in [-0.3, -0.25) is 9.36 Å². The van der Waals surface area contributed by atoms with Crippen LogP contribution in [0.3, 0.4) is 0 Å². The van der Waals surface area contributed by atoms with Gasteiger partial charge in [-0.25, -0.2) is 8.42 Å². The molecule has 1 aliphatic heterocycles. The SMILES string of the molecule is COC(=O)Cn1c#cc2cc(S(=O)(=O)N3CCN(c4ccc(C(F)(F)F)cc4)CC3)ccc21. The van der Waals surface area contributed by atoms with E-state index in [2.05, 4.69) is 17.0 Å². The van der Waals surface area contributed by atoms with Crippen molar-refractivity contribution >= 4 is 32.6 Å². The first-order valence-corrected chi connectivity index (χ1v) is 11.5. The van der Waals surface area contributed by atoms with Crippen LogP contribution in [0.25, 0.3) is 10.9 Å². The van der Waals surface area contributed by atoms with Gasteiger partial charge in [0.15, 0.2) is 0 Å². The molecule has 0 amide bonds. The Bertz CT molecular complexity index is 1260. The number of benzene rings is 2. The zero-order valence-electron chi connectivity index (χ0n) is 17.6. The molecule has 2 aromatic carbocycles. The van der Waals surface area contributed by atoms with Crippen molar-refractivity contribution < 1.29 is 31.1 Å². The zero-order chi connectivity index (χ0) is 23.8. The van der Waals surface area contributed by atoms with Crippen molar-refractivity contribution in [3.63, 3.8) is 0 Å². The van der Waals surface area contributed by atoms with E-state index in [0.717, 1.165) is 12.1 Å². The second-order valence-corrected chi connectivity index (χ2v) is 9.45. The van der Waals surface area contributed by atoms with E-state index in [1.807, 2.05) is 4.90 Å². The highest BCUT2D eigenvalue weighted by Crippen LogP contribution is 2.31. The molecule has 1 aliphatic rings. The molecule has 0 spiro atoms. The number of carbonyl (C=O) groups excluding carboxylic acids is 1. The molecule has 7 nitrogen and oxygen atoms in total. The number of alkyl halides is 3. The van der Waals surface area contributed by atoms with E-state index in [1.54, 1.807) is 6.07 Å². The molecule has 174 valence electrons. The van der Waals surface area contributed by atoms with E-state index < -0.39 is 27.7 Å². The average molecular weight is 479 g/mol. The van der Waals surface area contributed by atoms with Crippen LogP contribution in [0.4, 0.5) is 18.9 Å².